The lowest BCUT2D eigenvalue weighted by Crippen LogP contribution is -2.14. The van der Waals surface area contributed by atoms with Gasteiger partial charge in [-0.1, -0.05) is 42.9 Å². The largest absolute Gasteiger partial charge is 0.508 e. The minimum atomic E-state index is 0.137. The Labute approximate surface area is 129 Å². The Morgan fingerprint density at radius 1 is 1.38 bits per heavy atom. The monoisotopic (exact) mass is 306 g/mol. The molecule has 1 heterocycles. The smallest absolute Gasteiger partial charge is 0.259 e. The number of aromatic nitrogens is 2. The molecule has 2 atom stereocenters. The third-order valence-corrected chi connectivity index (χ3v) is 4.68. The van der Waals surface area contributed by atoms with Crippen LogP contribution in [0.5, 0.6) is 5.75 Å². The summed E-state index contributed by atoms with van der Waals surface area (Å²) in [7, 11) is 0. The second-order valence-electron chi connectivity index (χ2n) is 5.76. The predicted octanol–water partition coefficient (Wildman–Crippen LogP) is 4.78. The van der Waals surface area contributed by atoms with Gasteiger partial charge in [0.05, 0.1) is 10.6 Å². The van der Waals surface area contributed by atoms with Crippen molar-refractivity contribution in [2.75, 3.05) is 0 Å². The fourth-order valence-electron chi connectivity index (χ4n) is 3.08. The molecule has 21 heavy (non-hydrogen) atoms. The summed E-state index contributed by atoms with van der Waals surface area (Å²) >= 11 is 6.13. The summed E-state index contributed by atoms with van der Waals surface area (Å²) in [6.07, 6.45) is 5.97. The van der Waals surface area contributed by atoms with Crippen molar-refractivity contribution in [1.29, 1.82) is 0 Å². The molecule has 1 aromatic carbocycles. The number of hydrogen-bond acceptors (Lipinski definition) is 4. The highest BCUT2D eigenvalue weighted by molar-refractivity contribution is 6.33. The third kappa shape index (κ3) is 3.05. The molecule has 0 spiro atoms. The summed E-state index contributed by atoms with van der Waals surface area (Å²) in [6, 6.07) is 4.72. The number of benzene rings is 1. The van der Waals surface area contributed by atoms with Crippen molar-refractivity contribution in [1.82, 2.24) is 10.1 Å². The van der Waals surface area contributed by atoms with Crippen LogP contribution in [0.2, 0.25) is 5.02 Å². The maximum Gasteiger partial charge on any atom is 0.259 e. The van der Waals surface area contributed by atoms with Crippen LogP contribution in [-0.4, -0.2) is 15.2 Å². The molecule has 1 fully saturated rings. The Bertz CT molecular complexity index is 626. The zero-order valence-electron chi connectivity index (χ0n) is 12.1. The fourth-order valence-corrected chi connectivity index (χ4v) is 3.28. The van der Waals surface area contributed by atoms with Gasteiger partial charge in [0.15, 0.2) is 5.82 Å². The Hall–Kier alpha value is -1.55. The SMILES string of the molecule is CCC1CCCC(c2noc(-c3cc(O)ccc3Cl)n2)C1. The van der Waals surface area contributed by atoms with E-state index in [2.05, 4.69) is 17.1 Å². The standard InChI is InChI=1S/C16H19ClN2O2/c1-2-10-4-3-5-11(8-10)15-18-16(21-19-15)13-9-12(20)6-7-14(13)17/h6-7,9-11,20H,2-5,8H2,1H3. The molecular formula is C16H19ClN2O2. The molecule has 0 saturated heterocycles. The van der Waals surface area contributed by atoms with Crippen LogP contribution in [0.25, 0.3) is 11.5 Å². The Morgan fingerprint density at radius 3 is 3.05 bits per heavy atom. The second-order valence-corrected chi connectivity index (χ2v) is 6.17. The number of nitrogens with zero attached hydrogens (tertiary/aromatic N) is 2. The fraction of sp³-hybridized carbons (Fsp3) is 0.500. The average molecular weight is 307 g/mol. The van der Waals surface area contributed by atoms with E-state index < -0.39 is 0 Å². The Kier molecular flexibility index (Phi) is 4.15. The van der Waals surface area contributed by atoms with Gasteiger partial charge in [0.25, 0.3) is 5.89 Å². The van der Waals surface area contributed by atoms with Gasteiger partial charge in [-0.25, -0.2) is 0 Å². The van der Waals surface area contributed by atoms with Crippen LogP contribution in [0.15, 0.2) is 22.7 Å². The summed E-state index contributed by atoms with van der Waals surface area (Å²) in [6.45, 7) is 2.24. The number of halogens is 1. The first kappa shape index (κ1) is 14.4. The summed E-state index contributed by atoms with van der Waals surface area (Å²) in [5.74, 6) is 2.41. The van der Waals surface area contributed by atoms with Crippen molar-refractivity contribution in [3.8, 4) is 17.2 Å². The van der Waals surface area contributed by atoms with Crippen molar-refractivity contribution in [3.05, 3.63) is 29.0 Å². The zero-order valence-corrected chi connectivity index (χ0v) is 12.8. The van der Waals surface area contributed by atoms with Gasteiger partial charge in [0.1, 0.15) is 5.75 Å². The van der Waals surface area contributed by atoms with Gasteiger partial charge in [0, 0.05) is 5.92 Å². The molecule has 5 heteroatoms. The minimum Gasteiger partial charge on any atom is -0.508 e. The minimum absolute atomic E-state index is 0.137. The Morgan fingerprint density at radius 2 is 2.24 bits per heavy atom. The lowest BCUT2D eigenvalue weighted by molar-refractivity contribution is 0.300. The molecule has 3 rings (SSSR count). The molecule has 1 saturated carbocycles. The molecule has 0 aliphatic heterocycles. The number of rotatable bonds is 3. The summed E-state index contributed by atoms with van der Waals surface area (Å²) in [4.78, 5) is 4.50. The van der Waals surface area contributed by atoms with E-state index in [-0.39, 0.29) is 5.75 Å². The highest BCUT2D eigenvalue weighted by Crippen LogP contribution is 2.37. The van der Waals surface area contributed by atoms with E-state index in [9.17, 15) is 5.11 Å². The molecule has 0 bridgehead atoms. The molecule has 0 radical (unpaired) electrons. The van der Waals surface area contributed by atoms with Crippen LogP contribution < -0.4 is 0 Å². The van der Waals surface area contributed by atoms with E-state index >= 15 is 0 Å². The van der Waals surface area contributed by atoms with Crippen LogP contribution in [0.4, 0.5) is 0 Å². The van der Waals surface area contributed by atoms with Crippen LogP contribution in [0.3, 0.4) is 0 Å². The van der Waals surface area contributed by atoms with E-state index in [1.807, 2.05) is 0 Å². The van der Waals surface area contributed by atoms with Crippen molar-refractivity contribution in [2.24, 2.45) is 5.92 Å². The number of phenolic OH excluding ortho intramolecular Hbond substituents is 1. The summed E-state index contributed by atoms with van der Waals surface area (Å²) in [5.41, 5.74) is 0.582. The number of aromatic hydroxyl groups is 1. The van der Waals surface area contributed by atoms with Gasteiger partial charge in [-0.15, -0.1) is 0 Å². The maximum atomic E-state index is 9.57. The van der Waals surface area contributed by atoms with Gasteiger partial charge in [0.2, 0.25) is 0 Å². The summed E-state index contributed by atoms with van der Waals surface area (Å²) in [5, 5.41) is 14.2. The van der Waals surface area contributed by atoms with Crippen molar-refractivity contribution >= 4 is 11.6 Å². The molecule has 1 aliphatic carbocycles. The maximum absolute atomic E-state index is 9.57. The summed E-state index contributed by atoms with van der Waals surface area (Å²) < 4.78 is 5.35. The molecule has 1 aliphatic rings. The lowest BCUT2D eigenvalue weighted by atomic mass is 9.80. The molecule has 2 unspecified atom stereocenters. The van der Waals surface area contributed by atoms with Gasteiger partial charge < -0.3 is 9.63 Å². The van der Waals surface area contributed by atoms with E-state index in [0.717, 1.165) is 24.6 Å². The molecular weight excluding hydrogens is 288 g/mol. The number of hydrogen-bond donors (Lipinski definition) is 1. The zero-order chi connectivity index (χ0) is 14.8. The Balaban J connectivity index is 1.84. The molecule has 1 aromatic heterocycles. The van der Waals surface area contributed by atoms with Crippen molar-refractivity contribution < 1.29 is 9.63 Å². The topological polar surface area (TPSA) is 59.2 Å². The second kappa shape index (κ2) is 6.06. The quantitative estimate of drug-likeness (QED) is 0.886. The highest BCUT2D eigenvalue weighted by Gasteiger charge is 2.26. The van der Waals surface area contributed by atoms with Crippen molar-refractivity contribution in [2.45, 2.75) is 44.9 Å². The van der Waals surface area contributed by atoms with Gasteiger partial charge in [-0.2, -0.15) is 4.98 Å². The van der Waals surface area contributed by atoms with Crippen LogP contribution >= 0.6 is 11.6 Å². The first-order valence-electron chi connectivity index (χ1n) is 7.50. The molecule has 0 amide bonds. The normalized spacial score (nSPS) is 22.4. The lowest BCUT2D eigenvalue weighted by Gasteiger charge is -2.26. The molecule has 4 nitrogen and oxygen atoms in total. The van der Waals surface area contributed by atoms with E-state index in [1.54, 1.807) is 12.1 Å². The van der Waals surface area contributed by atoms with Crippen LogP contribution in [0, 0.1) is 5.92 Å². The van der Waals surface area contributed by atoms with Crippen molar-refractivity contribution in [3.63, 3.8) is 0 Å². The van der Waals surface area contributed by atoms with Gasteiger partial charge in [-0.3, -0.25) is 0 Å². The third-order valence-electron chi connectivity index (χ3n) is 4.35. The molecule has 2 aromatic rings. The average Bonchev–Trinajstić information content (AvgIpc) is 2.99. The van der Waals surface area contributed by atoms with E-state index in [0.29, 0.717) is 22.4 Å². The molecule has 112 valence electrons. The van der Waals surface area contributed by atoms with Gasteiger partial charge in [-0.05, 0) is 37.0 Å². The van der Waals surface area contributed by atoms with Gasteiger partial charge >= 0.3 is 0 Å². The van der Waals surface area contributed by atoms with E-state index in [1.165, 1.54) is 25.3 Å². The first-order valence-corrected chi connectivity index (χ1v) is 7.87. The first-order chi connectivity index (χ1) is 10.2. The molecule has 1 N–H and O–H groups in total. The van der Waals surface area contributed by atoms with E-state index in [4.69, 9.17) is 16.1 Å². The van der Waals surface area contributed by atoms with Crippen LogP contribution in [0.1, 0.15) is 50.8 Å². The highest BCUT2D eigenvalue weighted by atomic mass is 35.5. The number of phenols is 1. The predicted molar refractivity (Wildman–Crippen MR) is 81.4 cm³/mol. The van der Waals surface area contributed by atoms with Crippen LogP contribution in [-0.2, 0) is 0 Å².